The van der Waals surface area contributed by atoms with Gasteiger partial charge in [0.1, 0.15) is 24.5 Å². The fraction of sp³-hybridized carbons (Fsp3) is 0.185. The summed E-state index contributed by atoms with van der Waals surface area (Å²) in [6.45, 7) is 7.97. The largest absolute Gasteiger partial charge is 0.488 e. The highest BCUT2D eigenvalue weighted by Gasteiger charge is 2.20. The zero-order valence-corrected chi connectivity index (χ0v) is 19.4. The van der Waals surface area contributed by atoms with Crippen LogP contribution in [0, 0.1) is 0 Å². The summed E-state index contributed by atoms with van der Waals surface area (Å²) in [6.07, 6.45) is 9.54. The van der Waals surface area contributed by atoms with Crippen molar-refractivity contribution in [1.29, 1.82) is 0 Å². The average Bonchev–Trinajstić information content (AvgIpc) is 3.67. The Morgan fingerprint density at radius 1 is 1.09 bits per heavy atom. The van der Waals surface area contributed by atoms with Crippen LogP contribution in [0.15, 0.2) is 97.9 Å². The maximum atomic E-state index is 6.05. The minimum atomic E-state index is 0.406. The normalized spacial score (nSPS) is 13.4. The number of allylic oxidation sites excluding steroid dienone is 2. The van der Waals surface area contributed by atoms with E-state index in [1.807, 2.05) is 42.5 Å². The lowest BCUT2D eigenvalue weighted by Crippen LogP contribution is -2.05. The Morgan fingerprint density at radius 2 is 1.97 bits per heavy atom. The van der Waals surface area contributed by atoms with Crippen molar-refractivity contribution in [1.82, 2.24) is 14.7 Å². The molecule has 1 aromatic heterocycles. The molecule has 6 heteroatoms. The molecule has 0 unspecified atom stereocenters. The van der Waals surface area contributed by atoms with Crippen LogP contribution in [-0.2, 0) is 5.75 Å². The highest BCUT2D eigenvalue weighted by Crippen LogP contribution is 2.30. The number of benzene rings is 2. The van der Waals surface area contributed by atoms with Crippen molar-refractivity contribution in [3.63, 3.8) is 0 Å². The minimum Gasteiger partial charge on any atom is -0.488 e. The zero-order valence-electron chi connectivity index (χ0n) is 18.5. The third kappa shape index (κ3) is 6.81. The number of nitrogens with zero attached hydrogens (tertiary/aromatic N) is 2. The van der Waals surface area contributed by atoms with Gasteiger partial charge in [-0.05, 0) is 48.2 Å². The van der Waals surface area contributed by atoms with E-state index in [-0.39, 0.29) is 0 Å². The van der Waals surface area contributed by atoms with E-state index in [2.05, 4.69) is 51.4 Å². The van der Waals surface area contributed by atoms with E-state index >= 15 is 0 Å². The van der Waals surface area contributed by atoms with Crippen LogP contribution in [0.5, 0.6) is 5.75 Å². The van der Waals surface area contributed by atoms with Gasteiger partial charge in [0.15, 0.2) is 0 Å². The monoisotopic (exact) mass is 456 g/mol. The minimum absolute atomic E-state index is 0.406. The second-order valence-electron chi connectivity index (χ2n) is 7.76. The summed E-state index contributed by atoms with van der Waals surface area (Å²) < 4.78 is 9.54. The number of nitrogens with one attached hydrogen (secondary N) is 2. The van der Waals surface area contributed by atoms with Gasteiger partial charge in [-0.2, -0.15) is 0 Å². The first-order chi connectivity index (χ1) is 16.2. The molecular weight excluding hydrogens is 428 g/mol. The third-order valence-electron chi connectivity index (χ3n) is 5.08. The molecule has 0 bridgehead atoms. The topological polar surface area (TPSA) is 59.1 Å². The molecule has 0 atom stereocenters. The molecule has 0 aliphatic heterocycles. The quantitative estimate of drug-likeness (QED) is 0.241. The van der Waals surface area contributed by atoms with Crippen molar-refractivity contribution in [2.24, 2.45) is 0 Å². The highest BCUT2D eigenvalue weighted by atomic mass is 32.2. The van der Waals surface area contributed by atoms with Crippen molar-refractivity contribution in [3.05, 3.63) is 103 Å². The molecular formula is C27H28N4OS. The van der Waals surface area contributed by atoms with Gasteiger partial charge >= 0.3 is 0 Å². The van der Waals surface area contributed by atoms with Crippen LogP contribution in [0.2, 0.25) is 0 Å². The van der Waals surface area contributed by atoms with Gasteiger partial charge in [-0.25, -0.2) is 9.97 Å². The lowest BCUT2D eigenvalue weighted by atomic mass is 10.1. The van der Waals surface area contributed by atoms with E-state index in [0.29, 0.717) is 12.6 Å². The lowest BCUT2D eigenvalue weighted by molar-refractivity contribution is 0.357. The fourth-order valence-corrected chi connectivity index (χ4v) is 4.10. The number of aromatic nitrogens is 2. The molecule has 168 valence electrons. The average molecular weight is 457 g/mol. The molecule has 5 nitrogen and oxygen atoms in total. The van der Waals surface area contributed by atoms with Crippen LogP contribution < -0.4 is 14.8 Å². The van der Waals surface area contributed by atoms with Crippen LogP contribution in [0.3, 0.4) is 0 Å². The molecule has 33 heavy (non-hydrogen) atoms. The van der Waals surface area contributed by atoms with Gasteiger partial charge in [0.25, 0.3) is 0 Å². The SMILES string of the molecule is C=C/C=C(\C=C)COc1ccccc1-c1cc(Nc2cccc(CSNC3CC3)c2)ncn1. The summed E-state index contributed by atoms with van der Waals surface area (Å²) in [6, 6.07) is 18.9. The lowest BCUT2D eigenvalue weighted by Gasteiger charge is -2.13. The molecule has 1 fully saturated rings. The second-order valence-corrected chi connectivity index (χ2v) is 8.57. The third-order valence-corrected chi connectivity index (χ3v) is 6.06. The number of rotatable bonds is 12. The summed E-state index contributed by atoms with van der Waals surface area (Å²) >= 11 is 1.77. The Balaban J connectivity index is 1.46. The number of ether oxygens (including phenoxy) is 1. The number of para-hydroxylation sites is 1. The molecule has 0 saturated heterocycles. The summed E-state index contributed by atoms with van der Waals surface area (Å²) in [4.78, 5) is 8.89. The summed E-state index contributed by atoms with van der Waals surface area (Å²) in [5, 5.41) is 3.41. The van der Waals surface area contributed by atoms with Crippen LogP contribution in [0.25, 0.3) is 11.3 Å². The molecule has 1 heterocycles. The van der Waals surface area contributed by atoms with Crippen molar-refractivity contribution >= 4 is 23.5 Å². The Morgan fingerprint density at radius 3 is 2.79 bits per heavy atom. The van der Waals surface area contributed by atoms with E-state index in [0.717, 1.165) is 39.8 Å². The highest BCUT2D eigenvalue weighted by molar-refractivity contribution is 7.96. The molecule has 2 aromatic carbocycles. The molecule has 0 spiro atoms. The molecule has 3 aromatic rings. The van der Waals surface area contributed by atoms with Crippen LogP contribution in [0.4, 0.5) is 11.5 Å². The van der Waals surface area contributed by atoms with Gasteiger partial charge < -0.3 is 10.1 Å². The van der Waals surface area contributed by atoms with Gasteiger partial charge in [-0.15, -0.1) is 0 Å². The van der Waals surface area contributed by atoms with E-state index in [4.69, 9.17) is 4.74 Å². The summed E-state index contributed by atoms with van der Waals surface area (Å²) in [5.41, 5.74) is 4.91. The van der Waals surface area contributed by atoms with Crippen LogP contribution >= 0.6 is 11.9 Å². The zero-order chi connectivity index (χ0) is 22.9. The van der Waals surface area contributed by atoms with Gasteiger partial charge in [0.05, 0.1) is 5.69 Å². The maximum absolute atomic E-state index is 6.05. The standard InChI is InChI=1S/C27H28N4OS/c1-3-8-20(4-2)17-32-26-12-6-5-11-24(26)25-16-27(29-19-28-25)30-23-10-7-9-21(15-23)18-33-31-22-13-14-22/h3-12,15-16,19,22,31H,1-2,13-14,17-18H2,(H,28,29,30)/b20-8+. The molecule has 0 amide bonds. The van der Waals surface area contributed by atoms with Crippen molar-refractivity contribution in [3.8, 4) is 17.0 Å². The Labute approximate surface area is 199 Å². The first-order valence-electron chi connectivity index (χ1n) is 11.0. The van der Waals surface area contributed by atoms with E-state index < -0.39 is 0 Å². The van der Waals surface area contributed by atoms with Crippen LogP contribution in [-0.4, -0.2) is 22.6 Å². The fourth-order valence-electron chi connectivity index (χ4n) is 3.20. The molecule has 0 radical (unpaired) electrons. The maximum Gasteiger partial charge on any atom is 0.134 e. The molecule has 4 rings (SSSR count). The number of hydrogen-bond acceptors (Lipinski definition) is 6. The first-order valence-corrected chi connectivity index (χ1v) is 12.0. The van der Waals surface area contributed by atoms with Gasteiger partial charge in [0.2, 0.25) is 0 Å². The van der Waals surface area contributed by atoms with Gasteiger partial charge in [-0.3, -0.25) is 4.72 Å². The number of anilines is 2. The van der Waals surface area contributed by atoms with Crippen molar-refractivity contribution in [2.45, 2.75) is 24.6 Å². The summed E-state index contributed by atoms with van der Waals surface area (Å²) in [7, 11) is 0. The Hall–Kier alpha value is -3.35. The molecule has 1 aliphatic carbocycles. The van der Waals surface area contributed by atoms with E-state index in [1.54, 1.807) is 30.4 Å². The number of hydrogen-bond donors (Lipinski definition) is 2. The Bertz CT molecular complexity index is 1140. The first kappa shape index (κ1) is 22.8. The van der Waals surface area contributed by atoms with Crippen molar-refractivity contribution < 1.29 is 4.74 Å². The Kier molecular flexibility index (Phi) is 7.95. The summed E-state index contributed by atoms with van der Waals surface area (Å²) in [5.74, 6) is 2.41. The second kappa shape index (κ2) is 11.5. The van der Waals surface area contributed by atoms with E-state index in [9.17, 15) is 0 Å². The van der Waals surface area contributed by atoms with E-state index in [1.165, 1.54) is 18.4 Å². The smallest absolute Gasteiger partial charge is 0.134 e. The predicted octanol–water partition coefficient (Wildman–Crippen LogP) is 6.46. The molecule has 1 saturated carbocycles. The van der Waals surface area contributed by atoms with Gasteiger partial charge in [-0.1, -0.05) is 67.6 Å². The van der Waals surface area contributed by atoms with Crippen molar-refractivity contribution in [2.75, 3.05) is 11.9 Å². The van der Waals surface area contributed by atoms with Gasteiger partial charge in [0, 0.05) is 29.1 Å². The predicted molar refractivity (Wildman–Crippen MR) is 139 cm³/mol. The molecule has 1 aliphatic rings. The molecule has 2 N–H and O–H groups in total. The van der Waals surface area contributed by atoms with Crippen LogP contribution in [0.1, 0.15) is 18.4 Å².